The predicted molar refractivity (Wildman–Crippen MR) is 99.2 cm³/mol. The highest BCUT2D eigenvalue weighted by atomic mass is 16.5. The molecule has 0 aliphatic carbocycles. The zero-order valence-corrected chi connectivity index (χ0v) is 14.4. The van der Waals surface area contributed by atoms with Gasteiger partial charge in [-0.1, -0.05) is 36.4 Å². The topological polar surface area (TPSA) is 81.4 Å². The van der Waals surface area contributed by atoms with Crippen LogP contribution in [0, 0.1) is 0 Å². The molecule has 4 rings (SSSR count). The van der Waals surface area contributed by atoms with Crippen LogP contribution in [0.4, 0.5) is 0 Å². The molecule has 3 heterocycles. The van der Waals surface area contributed by atoms with Gasteiger partial charge in [-0.05, 0) is 17.7 Å². The molecule has 0 aliphatic heterocycles. The van der Waals surface area contributed by atoms with Crippen molar-refractivity contribution in [2.24, 2.45) is 0 Å². The predicted octanol–water partition coefficient (Wildman–Crippen LogP) is 2.63. The molecule has 0 radical (unpaired) electrons. The van der Waals surface area contributed by atoms with Gasteiger partial charge >= 0.3 is 0 Å². The number of pyridine rings is 1. The summed E-state index contributed by atoms with van der Waals surface area (Å²) in [5, 5.41) is 2.85. The summed E-state index contributed by atoms with van der Waals surface area (Å²) in [4.78, 5) is 25.0. The first kappa shape index (κ1) is 16.7. The first-order chi connectivity index (χ1) is 13.3. The quantitative estimate of drug-likeness (QED) is 0.572. The van der Waals surface area contributed by atoms with Gasteiger partial charge in [0.1, 0.15) is 12.3 Å². The minimum absolute atomic E-state index is 0.279. The summed E-state index contributed by atoms with van der Waals surface area (Å²) in [5.41, 5.74) is 2.16. The van der Waals surface area contributed by atoms with Crippen LogP contribution in [0.2, 0.25) is 0 Å². The van der Waals surface area contributed by atoms with Crippen molar-refractivity contribution in [2.45, 2.75) is 13.2 Å². The standard InChI is InChI=1S/C20H17N5O2/c26-18(17-13-25-11-5-10-22-20(25)24-17)23-12-16-8-4-9-21-19(16)27-14-15-6-2-1-3-7-15/h1-11,13H,12,14H2,(H,23,26). The van der Waals surface area contributed by atoms with Gasteiger partial charge in [0.05, 0.1) is 0 Å². The van der Waals surface area contributed by atoms with Gasteiger partial charge in [-0.3, -0.25) is 9.20 Å². The van der Waals surface area contributed by atoms with Crippen molar-refractivity contribution >= 4 is 11.7 Å². The number of rotatable bonds is 6. The number of benzene rings is 1. The molecule has 7 heteroatoms. The first-order valence-electron chi connectivity index (χ1n) is 8.48. The second kappa shape index (κ2) is 7.65. The van der Waals surface area contributed by atoms with Crippen molar-refractivity contribution in [3.8, 4) is 5.88 Å². The maximum Gasteiger partial charge on any atom is 0.271 e. The van der Waals surface area contributed by atoms with Crippen LogP contribution < -0.4 is 10.1 Å². The van der Waals surface area contributed by atoms with E-state index in [1.807, 2.05) is 42.5 Å². The highest BCUT2D eigenvalue weighted by molar-refractivity contribution is 5.92. The van der Waals surface area contributed by atoms with Crippen LogP contribution in [0.3, 0.4) is 0 Å². The summed E-state index contributed by atoms with van der Waals surface area (Å²) in [6.45, 7) is 0.703. The molecule has 134 valence electrons. The molecule has 0 unspecified atom stereocenters. The lowest BCUT2D eigenvalue weighted by atomic mass is 10.2. The molecule has 4 aromatic rings. The van der Waals surface area contributed by atoms with Crippen LogP contribution in [0.1, 0.15) is 21.6 Å². The summed E-state index contributed by atoms with van der Waals surface area (Å²) in [6, 6.07) is 15.3. The van der Waals surface area contributed by atoms with Crippen molar-refractivity contribution in [1.29, 1.82) is 0 Å². The average Bonchev–Trinajstić information content (AvgIpc) is 3.16. The molecule has 1 N–H and O–H groups in total. The van der Waals surface area contributed by atoms with Crippen molar-refractivity contribution in [1.82, 2.24) is 24.7 Å². The van der Waals surface area contributed by atoms with Gasteiger partial charge in [0.25, 0.3) is 5.91 Å². The molecule has 0 aliphatic rings. The Balaban J connectivity index is 1.42. The largest absolute Gasteiger partial charge is 0.473 e. The van der Waals surface area contributed by atoms with Gasteiger partial charge in [0.2, 0.25) is 11.7 Å². The molecule has 0 bridgehead atoms. The van der Waals surface area contributed by atoms with E-state index in [1.54, 1.807) is 35.3 Å². The summed E-state index contributed by atoms with van der Waals surface area (Å²) < 4.78 is 7.52. The van der Waals surface area contributed by atoms with E-state index >= 15 is 0 Å². The van der Waals surface area contributed by atoms with Crippen molar-refractivity contribution in [3.63, 3.8) is 0 Å². The minimum Gasteiger partial charge on any atom is -0.473 e. The third-order valence-electron chi connectivity index (χ3n) is 3.98. The summed E-state index contributed by atoms with van der Waals surface area (Å²) in [7, 11) is 0. The number of hydrogen-bond donors (Lipinski definition) is 1. The molecule has 0 atom stereocenters. The van der Waals surface area contributed by atoms with Crippen molar-refractivity contribution in [2.75, 3.05) is 0 Å². The Morgan fingerprint density at radius 1 is 1.04 bits per heavy atom. The number of amides is 1. The Hall–Kier alpha value is -3.74. The lowest BCUT2D eigenvalue weighted by molar-refractivity contribution is 0.0946. The number of carbonyl (C=O) groups is 1. The lowest BCUT2D eigenvalue weighted by Crippen LogP contribution is -2.23. The molecule has 0 fully saturated rings. The molecule has 0 spiro atoms. The second-order valence-corrected chi connectivity index (χ2v) is 5.88. The molecular weight excluding hydrogens is 342 g/mol. The van der Waals surface area contributed by atoms with E-state index in [1.165, 1.54) is 0 Å². The number of ether oxygens (including phenoxy) is 1. The van der Waals surface area contributed by atoms with Gasteiger partial charge in [-0.2, -0.15) is 0 Å². The van der Waals surface area contributed by atoms with E-state index in [4.69, 9.17) is 4.74 Å². The molecule has 0 saturated carbocycles. The van der Waals surface area contributed by atoms with E-state index in [0.717, 1.165) is 11.1 Å². The first-order valence-corrected chi connectivity index (χ1v) is 8.48. The van der Waals surface area contributed by atoms with Crippen LogP contribution in [0.15, 0.2) is 73.3 Å². The van der Waals surface area contributed by atoms with Gasteiger partial charge < -0.3 is 10.1 Å². The smallest absolute Gasteiger partial charge is 0.271 e. The third-order valence-corrected chi connectivity index (χ3v) is 3.98. The zero-order chi connectivity index (χ0) is 18.5. The SMILES string of the molecule is O=C(NCc1cccnc1OCc1ccccc1)c1cn2cccnc2n1. The van der Waals surface area contributed by atoms with E-state index in [2.05, 4.69) is 20.3 Å². The van der Waals surface area contributed by atoms with Gasteiger partial charge in [0, 0.05) is 36.9 Å². The fourth-order valence-electron chi connectivity index (χ4n) is 2.62. The number of aromatic nitrogens is 4. The van der Waals surface area contributed by atoms with Crippen LogP contribution in [0.25, 0.3) is 5.78 Å². The molecule has 27 heavy (non-hydrogen) atoms. The Morgan fingerprint density at radius 3 is 2.74 bits per heavy atom. The molecular formula is C20H17N5O2. The Morgan fingerprint density at radius 2 is 1.89 bits per heavy atom. The normalized spacial score (nSPS) is 10.7. The lowest BCUT2D eigenvalue weighted by Gasteiger charge is -2.10. The maximum absolute atomic E-state index is 12.4. The van der Waals surface area contributed by atoms with Crippen LogP contribution in [0.5, 0.6) is 5.88 Å². The highest BCUT2D eigenvalue weighted by Crippen LogP contribution is 2.16. The molecule has 3 aromatic heterocycles. The maximum atomic E-state index is 12.4. The van der Waals surface area contributed by atoms with Gasteiger partial charge in [-0.15, -0.1) is 0 Å². The van der Waals surface area contributed by atoms with Crippen LogP contribution in [-0.2, 0) is 13.2 Å². The summed E-state index contributed by atoms with van der Waals surface area (Å²) in [5.74, 6) is 0.701. The Labute approximate surface area is 155 Å². The molecule has 0 saturated heterocycles. The number of fused-ring (bicyclic) bond motifs is 1. The van der Waals surface area contributed by atoms with Gasteiger partial charge in [-0.25, -0.2) is 15.0 Å². The van der Waals surface area contributed by atoms with Crippen molar-refractivity contribution < 1.29 is 9.53 Å². The monoisotopic (exact) mass is 359 g/mol. The van der Waals surface area contributed by atoms with Crippen LogP contribution >= 0.6 is 0 Å². The van der Waals surface area contributed by atoms with Gasteiger partial charge in [0.15, 0.2) is 0 Å². The summed E-state index contributed by atoms with van der Waals surface area (Å²) in [6.07, 6.45) is 6.74. The number of hydrogen-bond acceptors (Lipinski definition) is 5. The van der Waals surface area contributed by atoms with E-state index in [9.17, 15) is 4.79 Å². The number of nitrogens with zero attached hydrogens (tertiary/aromatic N) is 4. The van der Waals surface area contributed by atoms with Crippen molar-refractivity contribution in [3.05, 3.63) is 90.1 Å². The molecule has 1 amide bonds. The average molecular weight is 359 g/mol. The number of imidazole rings is 1. The third kappa shape index (κ3) is 3.92. The van der Waals surface area contributed by atoms with E-state index in [-0.39, 0.29) is 12.5 Å². The summed E-state index contributed by atoms with van der Waals surface area (Å²) >= 11 is 0. The Kier molecular flexibility index (Phi) is 4.74. The number of carbonyl (C=O) groups excluding carboxylic acids is 1. The zero-order valence-electron chi connectivity index (χ0n) is 14.4. The second-order valence-electron chi connectivity index (χ2n) is 5.88. The number of nitrogens with one attached hydrogen (secondary N) is 1. The fourth-order valence-corrected chi connectivity index (χ4v) is 2.62. The highest BCUT2D eigenvalue weighted by Gasteiger charge is 2.12. The Bertz CT molecular complexity index is 1030. The minimum atomic E-state index is -0.279. The van der Waals surface area contributed by atoms with E-state index < -0.39 is 0 Å². The molecule has 7 nitrogen and oxygen atoms in total. The van der Waals surface area contributed by atoms with Crippen LogP contribution in [-0.4, -0.2) is 25.3 Å². The van der Waals surface area contributed by atoms with E-state index in [0.29, 0.717) is 24.0 Å². The molecule has 1 aromatic carbocycles. The fraction of sp³-hybridized carbons (Fsp3) is 0.100.